The molecule has 0 saturated carbocycles. The first-order valence-electron chi connectivity index (χ1n) is 12.4. The third-order valence-electron chi connectivity index (χ3n) is 6.99. The molecular weight excluding hydrogens is 502 g/mol. The highest BCUT2D eigenvalue weighted by Gasteiger charge is 2.45. The molecule has 1 aliphatic heterocycles. The lowest BCUT2D eigenvalue weighted by Gasteiger charge is -2.28. The summed E-state index contributed by atoms with van der Waals surface area (Å²) in [4.78, 5) is 25.3. The van der Waals surface area contributed by atoms with Crippen LogP contribution >= 0.6 is 11.6 Å². The molecule has 0 bridgehead atoms. The fourth-order valence-electron chi connectivity index (χ4n) is 5.24. The van der Waals surface area contributed by atoms with E-state index >= 15 is 0 Å². The molecule has 38 heavy (non-hydrogen) atoms. The van der Waals surface area contributed by atoms with Gasteiger partial charge in [-0.05, 0) is 69.2 Å². The highest BCUT2D eigenvalue weighted by molar-refractivity contribution is 6.30. The number of halogens is 1. The molecule has 0 fully saturated rings. The molecule has 1 aliphatic rings. The normalized spacial score (nSPS) is 15.1. The van der Waals surface area contributed by atoms with Gasteiger partial charge in [-0.2, -0.15) is 0 Å². The van der Waals surface area contributed by atoms with Crippen molar-refractivity contribution in [2.24, 2.45) is 0 Å². The van der Waals surface area contributed by atoms with E-state index in [1.165, 1.54) is 0 Å². The van der Waals surface area contributed by atoms with Gasteiger partial charge in [0, 0.05) is 40.0 Å². The zero-order chi connectivity index (χ0) is 26.7. The van der Waals surface area contributed by atoms with Crippen LogP contribution in [0.15, 0.2) is 59.3 Å². The van der Waals surface area contributed by atoms with Crippen molar-refractivity contribution in [1.82, 2.24) is 19.7 Å². The molecule has 6 rings (SSSR count). The van der Waals surface area contributed by atoms with Crippen molar-refractivity contribution in [3.63, 3.8) is 0 Å². The zero-order valence-corrected chi connectivity index (χ0v) is 22.4. The minimum atomic E-state index is -0.415. The van der Waals surface area contributed by atoms with Crippen LogP contribution < -0.4 is 9.64 Å². The van der Waals surface area contributed by atoms with E-state index in [4.69, 9.17) is 25.8 Å². The second kappa shape index (κ2) is 8.99. The average molecular weight is 528 g/mol. The Morgan fingerprint density at radius 3 is 2.50 bits per heavy atom. The number of rotatable bonds is 5. The molecule has 9 heteroatoms. The molecular formula is C29H26ClN5O3. The lowest BCUT2D eigenvalue weighted by Crippen LogP contribution is -2.30. The van der Waals surface area contributed by atoms with Gasteiger partial charge in [-0.15, -0.1) is 0 Å². The predicted molar refractivity (Wildman–Crippen MR) is 146 cm³/mol. The summed E-state index contributed by atoms with van der Waals surface area (Å²) in [5.74, 6) is 1.03. The molecule has 0 saturated heterocycles. The zero-order valence-electron chi connectivity index (χ0n) is 21.7. The number of nitrogens with zero attached hydrogens (tertiary/aromatic N) is 5. The predicted octanol–water partition coefficient (Wildman–Crippen LogP) is 6.70. The number of hydrogen-bond donors (Lipinski definition) is 0. The Hall–Kier alpha value is -4.17. The summed E-state index contributed by atoms with van der Waals surface area (Å²) in [6, 6.07) is 14.9. The molecule has 0 aliphatic carbocycles. The minimum absolute atomic E-state index is 0.0236. The molecule has 1 atom stereocenters. The van der Waals surface area contributed by atoms with Crippen LogP contribution in [0.1, 0.15) is 58.9 Å². The summed E-state index contributed by atoms with van der Waals surface area (Å²) in [5, 5.41) is 5.64. The summed E-state index contributed by atoms with van der Waals surface area (Å²) < 4.78 is 12.9. The summed E-state index contributed by atoms with van der Waals surface area (Å²) in [6.45, 7) is 8.04. The second-order valence-electron chi connectivity index (χ2n) is 9.76. The van der Waals surface area contributed by atoms with Crippen molar-refractivity contribution in [1.29, 1.82) is 0 Å². The van der Waals surface area contributed by atoms with Crippen LogP contribution in [0, 0.1) is 13.8 Å². The van der Waals surface area contributed by atoms with E-state index < -0.39 is 6.04 Å². The largest absolute Gasteiger partial charge is 0.481 e. The lowest BCUT2D eigenvalue weighted by atomic mass is 10.0. The fourth-order valence-corrected chi connectivity index (χ4v) is 5.37. The molecule has 0 N–H and O–H groups in total. The topological polar surface area (TPSA) is 86.3 Å². The minimum Gasteiger partial charge on any atom is -0.481 e. The van der Waals surface area contributed by atoms with E-state index in [0.717, 1.165) is 44.7 Å². The van der Waals surface area contributed by atoms with Gasteiger partial charge in [-0.25, -0.2) is 9.97 Å². The van der Waals surface area contributed by atoms with Crippen molar-refractivity contribution < 1.29 is 14.1 Å². The monoisotopic (exact) mass is 527 g/mol. The van der Waals surface area contributed by atoms with Crippen LogP contribution in [0.3, 0.4) is 0 Å². The van der Waals surface area contributed by atoms with Gasteiger partial charge in [-0.1, -0.05) is 28.9 Å². The van der Waals surface area contributed by atoms with Gasteiger partial charge in [-0.3, -0.25) is 9.69 Å². The van der Waals surface area contributed by atoms with Crippen LogP contribution in [0.5, 0.6) is 5.88 Å². The van der Waals surface area contributed by atoms with Crippen LogP contribution in [-0.4, -0.2) is 32.7 Å². The number of ether oxygens (including phenoxy) is 1. The third kappa shape index (κ3) is 3.67. The van der Waals surface area contributed by atoms with Gasteiger partial charge in [0.2, 0.25) is 5.88 Å². The van der Waals surface area contributed by atoms with Crippen molar-refractivity contribution >= 4 is 34.2 Å². The van der Waals surface area contributed by atoms with Crippen LogP contribution in [0.4, 0.5) is 5.69 Å². The standard InChI is InChI=1S/C29H26ClN5O3/c1-15(2)34-26-24(32-28(34)19-8-11-23(37-5)31-14-19)29(36)35(25(26)18-6-9-20(30)10-7-18)21-12-16(3)27-22(13-21)17(4)33-38-27/h6-15,25H,1-5H3. The Morgan fingerprint density at radius 1 is 1.08 bits per heavy atom. The quantitative estimate of drug-likeness (QED) is 0.253. The lowest BCUT2D eigenvalue weighted by molar-refractivity contribution is 0.0989. The summed E-state index contributed by atoms with van der Waals surface area (Å²) in [6.07, 6.45) is 1.72. The van der Waals surface area contributed by atoms with Gasteiger partial charge in [0.25, 0.3) is 5.91 Å². The molecule has 0 spiro atoms. The Labute approximate surface area is 224 Å². The number of aryl methyl sites for hydroxylation is 2. The molecule has 4 heterocycles. The molecule has 5 aromatic rings. The summed E-state index contributed by atoms with van der Waals surface area (Å²) in [7, 11) is 1.58. The maximum atomic E-state index is 14.2. The van der Waals surface area contributed by atoms with E-state index in [0.29, 0.717) is 22.4 Å². The number of aromatic nitrogens is 4. The van der Waals surface area contributed by atoms with E-state index in [1.807, 2.05) is 61.2 Å². The maximum Gasteiger partial charge on any atom is 0.279 e. The highest BCUT2D eigenvalue weighted by Crippen LogP contribution is 2.45. The Morgan fingerprint density at radius 2 is 1.84 bits per heavy atom. The molecule has 3 aromatic heterocycles. The van der Waals surface area contributed by atoms with Gasteiger partial charge in [0.1, 0.15) is 11.9 Å². The second-order valence-corrected chi connectivity index (χ2v) is 10.2. The van der Waals surface area contributed by atoms with E-state index in [-0.39, 0.29) is 11.9 Å². The van der Waals surface area contributed by atoms with Crippen molar-refractivity contribution in [2.75, 3.05) is 12.0 Å². The molecule has 1 amide bonds. The number of fused-ring (bicyclic) bond motifs is 2. The SMILES string of the molecule is COc1ccc(-c2nc3c(n2C(C)C)C(c2ccc(Cl)cc2)N(c2cc(C)c4onc(C)c4c2)C3=O)cn1. The van der Waals surface area contributed by atoms with Crippen LogP contribution in [0.2, 0.25) is 5.02 Å². The smallest absolute Gasteiger partial charge is 0.279 e. The molecule has 1 unspecified atom stereocenters. The average Bonchev–Trinajstić information content (AvgIpc) is 3.56. The third-order valence-corrected chi connectivity index (χ3v) is 7.25. The van der Waals surface area contributed by atoms with Crippen LogP contribution in [0.25, 0.3) is 22.4 Å². The molecule has 2 aromatic carbocycles. The number of imidazole rings is 1. The van der Waals surface area contributed by atoms with Gasteiger partial charge in [0.15, 0.2) is 11.3 Å². The molecule has 0 radical (unpaired) electrons. The number of pyridine rings is 1. The van der Waals surface area contributed by atoms with E-state index in [1.54, 1.807) is 19.4 Å². The summed E-state index contributed by atoms with van der Waals surface area (Å²) >= 11 is 6.25. The van der Waals surface area contributed by atoms with Crippen molar-refractivity contribution in [2.45, 2.75) is 39.8 Å². The van der Waals surface area contributed by atoms with Gasteiger partial charge < -0.3 is 13.8 Å². The van der Waals surface area contributed by atoms with Gasteiger partial charge >= 0.3 is 0 Å². The summed E-state index contributed by atoms with van der Waals surface area (Å²) in [5.41, 5.74) is 6.15. The Bertz CT molecular complexity index is 1690. The van der Waals surface area contributed by atoms with Crippen LogP contribution in [-0.2, 0) is 0 Å². The number of hydrogen-bond acceptors (Lipinski definition) is 6. The van der Waals surface area contributed by atoms with Crippen molar-refractivity contribution in [3.05, 3.63) is 88.0 Å². The number of carbonyl (C=O) groups excluding carboxylic acids is 1. The highest BCUT2D eigenvalue weighted by atomic mass is 35.5. The number of anilines is 1. The van der Waals surface area contributed by atoms with E-state index in [2.05, 4.69) is 28.6 Å². The first kappa shape index (κ1) is 24.2. The maximum absolute atomic E-state index is 14.2. The molecule has 8 nitrogen and oxygen atoms in total. The first-order valence-corrected chi connectivity index (χ1v) is 12.7. The van der Waals surface area contributed by atoms with Gasteiger partial charge in [0.05, 0.1) is 18.5 Å². The number of carbonyl (C=O) groups is 1. The first-order chi connectivity index (χ1) is 18.3. The number of methoxy groups -OCH3 is 1. The number of benzene rings is 2. The fraction of sp³-hybridized carbons (Fsp3) is 0.241. The Kier molecular flexibility index (Phi) is 5.72. The van der Waals surface area contributed by atoms with Crippen molar-refractivity contribution in [3.8, 4) is 17.3 Å². The number of amides is 1. The Balaban J connectivity index is 1.59. The van der Waals surface area contributed by atoms with E-state index in [9.17, 15) is 4.79 Å². The molecule has 192 valence electrons.